The van der Waals surface area contributed by atoms with Gasteiger partial charge >= 0.3 is 6.03 Å². The number of β-amino-alcohol motifs (C(OH)–C–C–N with tert-alkyl or cyclic N) is 1. The van der Waals surface area contributed by atoms with Crippen molar-refractivity contribution in [2.45, 2.75) is 45.8 Å². The Hall–Kier alpha value is -2.86. The number of nitrogens with one attached hydrogen (secondary N) is 1. The van der Waals surface area contributed by atoms with Crippen LogP contribution in [0, 0.1) is 20.8 Å². The van der Waals surface area contributed by atoms with Crippen molar-refractivity contribution in [3.8, 4) is 5.75 Å². The van der Waals surface area contributed by atoms with Crippen molar-refractivity contribution < 1.29 is 19.4 Å². The molecule has 29 heavy (non-hydrogen) atoms. The minimum absolute atomic E-state index is 0.00729. The average molecular weight is 396 g/mol. The topological polar surface area (TPSA) is 78.9 Å². The van der Waals surface area contributed by atoms with E-state index in [-0.39, 0.29) is 19.1 Å². The Labute approximate surface area is 171 Å². The van der Waals surface area contributed by atoms with Crippen LogP contribution in [0.3, 0.4) is 0 Å². The molecule has 0 spiro atoms. The lowest BCUT2D eigenvalue weighted by Crippen LogP contribution is -2.44. The summed E-state index contributed by atoms with van der Waals surface area (Å²) in [5.74, 6) is 0.381. The van der Waals surface area contributed by atoms with E-state index >= 15 is 0 Å². The molecule has 1 aliphatic rings. The van der Waals surface area contributed by atoms with Crippen LogP contribution in [0.5, 0.6) is 5.75 Å². The van der Waals surface area contributed by atoms with Crippen molar-refractivity contribution in [1.82, 2.24) is 10.2 Å². The molecule has 154 valence electrons. The van der Waals surface area contributed by atoms with Gasteiger partial charge in [0.05, 0.1) is 6.54 Å². The number of benzene rings is 2. The van der Waals surface area contributed by atoms with E-state index in [4.69, 9.17) is 4.74 Å². The normalized spacial score (nSPS) is 20.0. The average Bonchev–Trinajstić information content (AvgIpc) is 2.96. The van der Waals surface area contributed by atoms with Crippen molar-refractivity contribution in [2.75, 3.05) is 13.2 Å². The van der Waals surface area contributed by atoms with Gasteiger partial charge in [-0.3, -0.25) is 9.69 Å². The van der Waals surface area contributed by atoms with Gasteiger partial charge < -0.3 is 15.2 Å². The van der Waals surface area contributed by atoms with E-state index in [1.165, 1.54) is 0 Å². The third-order valence-electron chi connectivity index (χ3n) is 5.66. The van der Waals surface area contributed by atoms with Crippen molar-refractivity contribution in [1.29, 1.82) is 0 Å². The summed E-state index contributed by atoms with van der Waals surface area (Å²) in [7, 11) is 0. The zero-order valence-corrected chi connectivity index (χ0v) is 17.4. The van der Waals surface area contributed by atoms with Crippen molar-refractivity contribution >= 4 is 11.9 Å². The minimum atomic E-state index is -1.09. The smallest absolute Gasteiger partial charge is 0.325 e. The fourth-order valence-electron chi connectivity index (χ4n) is 3.74. The molecule has 3 rings (SSSR count). The van der Waals surface area contributed by atoms with Gasteiger partial charge in [-0.25, -0.2) is 4.79 Å². The predicted octanol–water partition coefficient (Wildman–Crippen LogP) is 3.21. The minimum Gasteiger partial charge on any atom is -0.490 e. The summed E-state index contributed by atoms with van der Waals surface area (Å²) in [6, 6.07) is 12.7. The lowest BCUT2D eigenvalue weighted by molar-refractivity contribution is -0.132. The number of aliphatic hydroxyl groups excluding tert-OH is 1. The van der Waals surface area contributed by atoms with Crippen LogP contribution in [-0.4, -0.2) is 41.2 Å². The molecular weight excluding hydrogens is 368 g/mol. The zero-order chi connectivity index (χ0) is 21.2. The number of aryl methyl sites for hydroxylation is 2. The number of urea groups is 1. The van der Waals surface area contributed by atoms with Crippen LogP contribution in [-0.2, 0) is 10.3 Å². The van der Waals surface area contributed by atoms with Crippen LogP contribution in [0.4, 0.5) is 4.79 Å². The number of imide groups is 1. The highest BCUT2D eigenvalue weighted by molar-refractivity contribution is 6.07. The number of ether oxygens (including phenoxy) is 1. The van der Waals surface area contributed by atoms with Gasteiger partial charge in [0.25, 0.3) is 5.91 Å². The zero-order valence-electron chi connectivity index (χ0n) is 17.4. The maximum absolute atomic E-state index is 13.1. The Bertz CT molecular complexity index is 913. The highest BCUT2D eigenvalue weighted by Gasteiger charge is 2.51. The predicted molar refractivity (Wildman–Crippen MR) is 111 cm³/mol. The van der Waals surface area contributed by atoms with Gasteiger partial charge in [-0.1, -0.05) is 49.4 Å². The van der Waals surface area contributed by atoms with Gasteiger partial charge in [0.2, 0.25) is 0 Å². The number of hydrogen-bond acceptors (Lipinski definition) is 4. The first-order valence-corrected chi connectivity index (χ1v) is 9.87. The highest BCUT2D eigenvalue weighted by Crippen LogP contribution is 2.32. The molecule has 2 N–H and O–H groups in total. The second-order valence-corrected chi connectivity index (χ2v) is 7.59. The number of amides is 3. The molecule has 6 heteroatoms. The van der Waals surface area contributed by atoms with Gasteiger partial charge in [0.15, 0.2) is 0 Å². The highest BCUT2D eigenvalue weighted by atomic mass is 16.5. The lowest BCUT2D eigenvalue weighted by atomic mass is 9.87. The largest absolute Gasteiger partial charge is 0.490 e. The third kappa shape index (κ3) is 3.85. The number of carbonyl (C=O) groups excluding carboxylic acids is 2. The van der Waals surface area contributed by atoms with Crippen LogP contribution >= 0.6 is 0 Å². The standard InChI is InChI=1S/C23H28N2O4/c1-5-23(18-9-7-6-8-10-18)21(27)25(22(28)24-23)13-19(26)14-29-20-16(3)12-11-15(2)17(20)4/h6-12,19,26H,5,13-14H2,1-4H3,(H,24,28)/t19-,23-/m0/s1. The summed E-state index contributed by atoms with van der Waals surface area (Å²) >= 11 is 0. The Morgan fingerprint density at radius 1 is 1.07 bits per heavy atom. The Morgan fingerprint density at radius 2 is 1.72 bits per heavy atom. The van der Waals surface area contributed by atoms with Crippen LogP contribution < -0.4 is 10.1 Å². The van der Waals surface area contributed by atoms with Crippen LogP contribution in [0.25, 0.3) is 0 Å². The monoisotopic (exact) mass is 396 g/mol. The van der Waals surface area contributed by atoms with Crippen LogP contribution in [0.15, 0.2) is 42.5 Å². The molecule has 0 bridgehead atoms. The third-order valence-corrected chi connectivity index (χ3v) is 5.66. The molecule has 0 aliphatic carbocycles. The van der Waals surface area contributed by atoms with E-state index in [1.54, 1.807) is 0 Å². The molecular formula is C23H28N2O4. The molecule has 0 unspecified atom stereocenters. The summed E-state index contributed by atoms with van der Waals surface area (Å²) in [5.41, 5.74) is 2.73. The molecule has 2 aromatic rings. The molecule has 2 atom stereocenters. The number of hydrogen-bond donors (Lipinski definition) is 2. The van der Waals surface area contributed by atoms with Gasteiger partial charge in [-0.2, -0.15) is 0 Å². The van der Waals surface area contributed by atoms with Crippen molar-refractivity contribution in [3.63, 3.8) is 0 Å². The van der Waals surface area contributed by atoms with E-state index in [2.05, 4.69) is 5.32 Å². The fourth-order valence-corrected chi connectivity index (χ4v) is 3.74. The molecule has 1 saturated heterocycles. The number of rotatable bonds is 7. The molecule has 0 aromatic heterocycles. The summed E-state index contributed by atoms with van der Waals surface area (Å²) in [4.78, 5) is 26.7. The Morgan fingerprint density at radius 3 is 2.38 bits per heavy atom. The molecule has 1 heterocycles. The Kier molecular flexibility index (Phi) is 5.94. The molecule has 1 aliphatic heterocycles. The van der Waals surface area contributed by atoms with Gasteiger partial charge in [0.1, 0.15) is 24.0 Å². The number of aliphatic hydroxyl groups is 1. The van der Waals surface area contributed by atoms with E-state index in [0.717, 1.165) is 32.9 Å². The molecule has 6 nitrogen and oxygen atoms in total. The van der Waals surface area contributed by atoms with Crippen LogP contribution in [0.1, 0.15) is 35.6 Å². The lowest BCUT2D eigenvalue weighted by Gasteiger charge is -2.26. The second kappa shape index (κ2) is 8.25. The Balaban J connectivity index is 1.71. The number of nitrogens with zero attached hydrogens (tertiary/aromatic N) is 1. The quantitative estimate of drug-likeness (QED) is 0.705. The summed E-state index contributed by atoms with van der Waals surface area (Å²) in [5, 5.41) is 13.3. The summed E-state index contributed by atoms with van der Waals surface area (Å²) in [6.45, 7) is 7.64. The maximum Gasteiger partial charge on any atom is 0.325 e. The molecule has 1 fully saturated rings. The number of carbonyl (C=O) groups is 2. The molecule has 2 aromatic carbocycles. The molecule has 3 amide bonds. The fraction of sp³-hybridized carbons (Fsp3) is 0.391. The van der Waals surface area contributed by atoms with E-state index in [1.807, 2.05) is 70.2 Å². The maximum atomic E-state index is 13.1. The van der Waals surface area contributed by atoms with Crippen molar-refractivity contribution in [3.05, 3.63) is 64.7 Å². The first kappa shape index (κ1) is 20.9. The van der Waals surface area contributed by atoms with Gasteiger partial charge in [0, 0.05) is 0 Å². The second-order valence-electron chi connectivity index (χ2n) is 7.59. The van der Waals surface area contributed by atoms with E-state index < -0.39 is 17.7 Å². The van der Waals surface area contributed by atoms with Gasteiger partial charge in [-0.05, 0) is 49.4 Å². The van der Waals surface area contributed by atoms with Gasteiger partial charge in [-0.15, -0.1) is 0 Å². The molecule has 0 saturated carbocycles. The first-order valence-electron chi connectivity index (χ1n) is 9.87. The SMILES string of the molecule is CC[C@@]1(c2ccccc2)NC(=O)N(C[C@H](O)COc2c(C)ccc(C)c2C)C1=O. The first-order chi connectivity index (χ1) is 13.8. The molecule has 0 radical (unpaired) electrons. The van der Waals surface area contributed by atoms with E-state index in [9.17, 15) is 14.7 Å². The van der Waals surface area contributed by atoms with Crippen molar-refractivity contribution in [2.24, 2.45) is 0 Å². The summed E-state index contributed by atoms with van der Waals surface area (Å²) in [6.07, 6.45) is -0.570. The summed E-state index contributed by atoms with van der Waals surface area (Å²) < 4.78 is 5.83. The van der Waals surface area contributed by atoms with Crippen LogP contribution in [0.2, 0.25) is 0 Å². The van der Waals surface area contributed by atoms with E-state index in [0.29, 0.717) is 6.42 Å².